The smallest absolute Gasteiger partial charge is 0.0247 e. The number of rotatable bonds is 1. The average Bonchev–Trinajstić information content (AvgIpc) is 2.61. The molecule has 0 saturated carbocycles. The lowest BCUT2D eigenvalue weighted by Crippen LogP contribution is -2.39. The van der Waals surface area contributed by atoms with Gasteiger partial charge in [-0.05, 0) is 55.8 Å². The summed E-state index contributed by atoms with van der Waals surface area (Å²) in [6.45, 7) is 4.90. The molecular weight excluding hydrogens is 216 g/mol. The fourth-order valence-electron chi connectivity index (χ4n) is 2.95. The molecule has 1 aromatic heterocycles. The molecule has 0 spiro atoms. The Morgan fingerprint density at radius 3 is 3.31 bits per heavy atom. The Balaban J connectivity index is 1.68. The standard InChI is InChI=1S/C13H20N2S/c1-2-12(3-7-14-6-1)15-8-4-13-11(10-15)5-9-16-13/h5,9,12,14H,1-4,6-8,10H2. The van der Waals surface area contributed by atoms with Crippen molar-refractivity contribution in [3.8, 4) is 0 Å². The van der Waals surface area contributed by atoms with Gasteiger partial charge in [-0.1, -0.05) is 0 Å². The zero-order chi connectivity index (χ0) is 10.8. The lowest BCUT2D eigenvalue weighted by atomic mass is 10.0. The van der Waals surface area contributed by atoms with Crippen molar-refractivity contribution in [3.63, 3.8) is 0 Å². The number of hydrogen-bond acceptors (Lipinski definition) is 3. The van der Waals surface area contributed by atoms with Gasteiger partial charge < -0.3 is 5.32 Å². The first-order valence-corrected chi connectivity index (χ1v) is 7.31. The van der Waals surface area contributed by atoms with Gasteiger partial charge in [0.2, 0.25) is 0 Å². The maximum Gasteiger partial charge on any atom is 0.0247 e. The molecule has 2 aliphatic heterocycles. The summed E-state index contributed by atoms with van der Waals surface area (Å²) in [7, 11) is 0. The first kappa shape index (κ1) is 10.8. The fraction of sp³-hybridized carbons (Fsp3) is 0.692. The van der Waals surface area contributed by atoms with Crippen molar-refractivity contribution in [2.24, 2.45) is 0 Å². The maximum atomic E-state index is 3.51. The molecule has 0 bridgehead atoms. The van der Waals surface area contributed by atoms with Crippen LogP contribution >= 0.6 is 11.3 Å². The van der Waals surface area contributed by atoms with Gasteiger partial charge in [0.25, 0.3) is 0 Å². The molecule has 0 amide bonds. The number of nitrogens with one attached hydrogen (secondary N) is 1. The van der Waals surface area contributed by atoms with Crippen molar-refractivity contribution < 1.29 is 0 Å². The molecule has 0 aromatic carbocycles. The van der Waals surface area contributed by atoms with Gasteiger partial charge in [0.1, 0.15) is 0 Å². The Morgan fingerprint density at radius 1 is 1.31 bits per heavy atom. The first-order valence-electron chi connectivity index (χ1n) is 6.43. The highest BCUT2D eigenvalue weighted by atomic mass is 32.1. The van der Waals surface area contributed by atoms with E-state index in [0.717, 1.165) is 6.04 Å². The van der Waals surface area contributed by atoms with Crippen molar-refractivity contribution >= 4 is 11.3 Å². The third kappa shape index (κ3) is 2.17. The van der Waals surface area contributed by atoms with E-state index in [4.69, 9.17) is 0 Å². The van der Waals surface area contributed by atoms with Crippen molar-refractivity contribution in [3.05, 3.63) is 21.9 Å². The highest BCUT2D eigenvalue weighted by Gasteiger charge is 2.24. The van der Waals surface area contributed by atoms with Gasteiger partial charge >= 0.3 is 0 Å². The molecule has 1 atom stereocenters. The normalized spacial score (nSPS) is 27.4. The Hall–Kier alpha value is -0.380. The second kappa shape index (κ2) is 4.86. The Bertz CT molecular complexity index is 339. The molecule has 1 saturated heterocycles. The number of fused-ring (bicyclic) bond motifs is 1. The summed E-state index contributed by atoms with van der Waals surface area (Å²) in [6, 6.07) is 3.14. The van der Waals surface area contributed by atoms with E-state index in [9.17, 15) is 0 Å². The van der Waals surface area contributed by atoms with Crippen LogP contribution in [-0.4, -0.2) is 30.6 Å². The molecular formula is C13H20N2S. The van der Waals surface area contributed by atoms with Crippen LogP contribution in [0.1, 0.15) is 29.7 Å². The van der Waals surface area contributed by atoms with Crippen LogP contribution in [0.15, 0.2) is 11.4 Å². The quantitative estimate of drug-likeness (QED) is 0.804. The van der Waals surface area contributed by atoms with E-state index in [1.807, 2.05) is 11.3 Å². The van der Waals surface area contributed by atoms with E-state index >= 15 is 0 Å². The van der Waals surface area contributed by atoms with Crippen LogP contribution in [0, 0.1) is 0 Å². The Kier molecular flexibility index (Phi) is 3.27. The van der Waals surface area contributed by atoms with Crippen LogP contribution in [0.4, 0.5) is 0 Å². The lowest BCUT2D eigenvalue weighted by molar-refractivity contribution is 0.166. The van der Waals surface area contributed by atoms with E-state index in [1.165, 1.54) is 51.9 Å². The summed E-state index contributed by atoms with van der Waals surface area (Å²) in [6.07, 6.45) is 5.33. The largest absolute Gasteiger partial charge is 0.317 e. The summed E-state index contributed by atoms with van der Waals surface area (Å²) in [4.78, 5) is 4.34. The Morgan fingerprint density at radius 2 is 2.31 bits per heavy atom. The van der Waals surface area contributed by atoms with Crippen LogP contribution in [0.3, 0.4) is 0 Å². The van der Waals surface area contributed by atoms with Gasteiger partial charge in [0.15, 0.2) is 0 Å². The van der Waals surface area contributed by atoms with Crippen LogP contribution < -0.4 is 5.32 Å². The van der Waals surface area contributed by atoms with Crippen LogP contribution in [0.5, 0.6) is 0 Å². The molecule has 0 aliphatic carbocycles. The zero-order valence-electron chi connectivity index (χ0n) is 9.74. The van der Waals surface area contributed by atoms with Gasteiger partial charge in [0.05, 0.1) is 0 Å². The van der Waals surface area contributed by atoms with E-state index in [1.54, 1.807) is 10.4 Å². The number of thiophene rings is 1. The summed E-state index contributed by atoms with van der Waals surface area (Å²) >= 11 is 1.94. The van der Waals surface area contributed by atoms with Crippen LogP contribution in [0.25, 0.3) is 0 Å². The lowest BCUT2D eigenvalue weighted by Gasteiger charge is -2.34. The predicted octanol–water partition coefficient (Wildman–Crippen LogP) is 2.25. The van der Waals surface area contributed by atoms with Gasteiger partial charge in [0, 0.05) is 24.0 Å². The summed E-state index contributed by atoms with van der Waals surface area (Å²) in [5, 5.41) is 5.76. The van der Waals surface area contributed by atoms with E-state index in [0.29, 0.717) is 0 Å². The third-order valence-electron chi connectivity index (χ3n) is 3.90. The summed E-state index contributed by atoms with van der Waals surface area (Å²) in [5.74, 6) is 0. The Labute approximate surface area is 102 Å². The molecule has 1 fully saturated rings. The minimum atomic E-state index is 0.822. The second-order valence-electron chi connectivity index (χ2n) is 4.92. The molecule has 88 valence electrons. The molecule has 0 radical (unpaired) electrons. The molecule has 2 nitrogen and oxygen atoms in total. The van der Waals surface area contributed by atoms with E-state index in [-0.39, 0.29) is 0 Å². The van der Waals surface area contributed by atoms with Crippen molar-refractivity contribution in [1.29, 1.82) is 0 Å². The highest BCUT2D eigenvalue weighted by molar-refractivity contribution is 7.10. The van der Waals surface area contributed by atoms with Crippen molar-refractivity contribution in [2.45, 2.75) is 38.3 Å². The van der Waals surface area contributed by atoms with Crippen molar-refractivity contribution in [2.75, 3.05) is 19.6 Å². The minimum Gasteiger partial charge on any atom is -0.317 e. The second-order valence-corrected chi connectivity index (χ2v) is 5.92. The SMILES string of the molecule is c1cc2c(s1)CCN(C1CCCNCC1)C2. The molecule has 1 N–H and O–H groups in total. The molecule has 16 heavy (non-hydrogen) atoms. The first-order chi connectivity index (χ1) is 7.93. The predicted molar refractivity (Wildman–Crippen MR) is 68.9 cm³/mol. The van der Waals surface area contributed by atoms with Gasteiger partial charge in [-0.2, -0.15) is 0 Å². The van der Waals surface area contributed by atoms with E-state index in [2.05, 4.69) is 21.7 Å². The van der Waals surface area contributed by atoms with Gasteiger partial charge in [-0.3, -0.25) is 4.90 Å². The fourth-order valence-corrected chi connectivity index (χ4v) is 3.84. The average molecular weight is 236 g/mol. The van der Waals surface area contributed by atoms with Crippen LogP contribution in [0.2, 0.25) is 0 Å². The number of nitrogens with zero attached hydrogens (tertiary/aromatic N) is 1. The van der Waals surface area contributed by atoms with Crippen LogP contribution in [-0.2, 0) is 13.0 Å². The molecule has 1 unspecified atom stereocenters. The molecule has 2 aliphatic rings. The van der Waals surface area contributed by atoms with Gasteiger partial charge in [-0.15, -0.1) is 11.3 Å². The monoisotopic (exact) mass is 236 g/mol. The topological polar surface area (TPSA) is 15.3 Å². The molecule has 1 aromatic rings. The zero-order valence-corrected chi connectivity index (χ0v) is 10.6. The number of hydrogen-bond donors (Lipinski definition) is 1. The maximum absolute atomic E-state index is 3.51. The van der Waals surface area contributed by atoms with Gasteiger partial charge in [-0.25, -0.2) is 0 Å². The van der Waals surface area contributed by atoms with Crippen molar-refractivity contribution in [1.82, 2.24) is 10.2 Å². The molecule has 3 rings (SSSR count). The molecule has 3 heteroatoms. The molecule has 3 heterocycles. The van der Waals surface area contributed by atoms with E-state index < -0.39 is 0 Å². The minimum absolute atomic E-state index is 0.822. The summed E-state index contributed by atoms with van der Waals surface area (Å²) in [5.41, 5.74) is 1.59. The third-order valence-corrected chi connectivity index (χ3v) is 4.92. The highest BCUT2D eigenvalue weighted by Crippen LogP contribution is 2.27. The summed E-state index contributed by atoms with van der Waals surface area (Å²) < 4.78 is 0.